The number of aliphatic carboxylic acids is 1. The first-order chi connectivity index (χ1) is 9.70. The fourth-order valence-corrected chi connectivity index (χ4v) is 2.01. The third-order valence-corrected chi connectivity index (χ3v) is 3.74. The van der Waals surface area contributed by atoms with Crippen molar-refractivity contribution in [2.45, 2.75) is 33.2 Å². The van der Waals surface area contributed by atoms with Crippen LogP contribution in [0, 0.1) is 5.41 Å². The molecule has 0 bridgehead atoms. The van der Waals surface area contributed by atoms with E-state index in [1.165, 1.54) is 0 Å². The maximum absolute atomic E-state index is 12.3. The topological polar surface area (TPSA) is 66.8 Å². The second-order valence-corrected chi connectivity index (χ2v) is 5.79. The lowest BCUT2D eigenvalue weighted by atomic mass is 9.88. The molecule has 0 saturated heterocycles. The number of nitrogens with zero attached hydrogens (tertiary/aromatic N) is 1. The SMILES string of the molecule is COc1ccccc1C(C)N(C)C(=O)CC(C)(C)C(=O)O. The Labute approximate surface area is 125 Å². The highest BCUT2D eigenvalue weighted by Gasteiger charge is 2.32. The molecule has 1 amide bonds. The van der Waals surface area contributed by atoms with Gasteiger partial charge in [0.15, 0.2) is 0 Å². The van der Waals surface area contributed by atoms with Gasteiger partial charge >= 0.3 is 5.97 Å². The van der Waals surface area contributed by atoms with Crippen LogP contribution in [0.5, 0.6) is 5.75 Å². The van der Waals surface area contributed by atoms with Crippen molar-refractivity contribution >= 4 is 11.9 Å². The van der Waals surface area contributed by atoms with Gasteiger partial charge in [-0.25, -0.2) is 0 Å². The Morgan fingerprint density at radius 3 is 2.43 bits per heavy atom. The van der Waals surface area contributed by atoms with Crippen LogP contribution in [0.3, 0.4) is 0 Å². The van der Waals surface area contributed by atoms with Crippen LogP contribution in [0.1, 0.15) is 38.8 Å². The summed E-state index contributed by atoms with van der Waals surface area (Å²) in [5.41, 5.74) is -0.185. The van der Waals surface area contributed by atoms with Crippen LogP contribution in [0.2, 0.25) is 0 Å². The van der Waals surface area contributed by atoms with Gasteiger partial charge in [0.05, 0.1) is 18.6 Å². The summed E-state index contributed by atoms with van der Waals surface area (Å²) >= 11 is 0. The van der Waals surface area contributed by atoms with E-state index in [4.69, 9.17) is 9.84 Å². The molecule has 0 aliphatic rings. The molecule has 5 heteroatoms. The van der Waals surface area contributed by atoms with Gasteiger partial charge in [0.1, 0.15) is 5.75 Å². The summed E-state index contributed by atoms with van der Waals surface area (Å²) in [6.45, 7) is 4.99. The number of hydrogen-bond donors (Lipinski definition) is 1. The third-order valence-electron chi connectivity index (χ3n) is 3.74. The lowest BCUT2D eigenvalue weighted by Crippen LogP contribution is -2.36. The molecule has 0 heterocycles. The van der Waals surface area contributed by atoms with E-state index in [0.717, 1.165) is 5.56 Å². The van der Waals surface area contributed by atoms with Gasteiger partial charge < -0.3 is 14.7 Å². The number of hydrogen-bond acceptors (Lipinski definition) is 3. The first kappa shape index (κ1) is 17.0. The standard InChI is InChI=1S/C16H23NO4/c1-11(12-8-6-7-9-13(12)21-5)17(4)14(18)10-16(2,3)15(19)20/h6-9,11H,10H2,1-5H3,(H,19,20). The van der Waals surface area contributed by atoms with Crippen LogP contribution >= 0.6 is 0 Å². The lowest BCUT2D eigenvalue weighted by molar-refractivity contribution is -0.151. The van der Waals surface area contributed by atoms with Crippen molar-refractivity contribution in [3.8, 4) is 5.75 Å². The molecular formula is C16H23NO4. The predicted octanol–water partition coefficient (Wildman–Crippen LogP) is 2.72. The maximum atomic E-state index is 12.3. The molecule has 0 aromatic heterocycles. The largest absolute Gasteiger partial charge is 0.496 e. The van der Waals surface area contributed by atoms with Crippen molar-refractivity contribution < 1.29 is 19.4 Å². The molecule has 0 spiro atoms. The molecule has 0 aliphatic carbocycles. The molecule has 0 saturated carbocycles. The number of carbonyl (C=O) groups is 2. The zero-order chi connectivity index (χ0) is 16.2. The molecule has 1 aromatic carbocycles. The first-order valence-corrected chi connectivity index (χ1v) is 6.82. The van der Waals surface area contributed by atoms with Crippen LogP contribution in [0.25, 0.3) is 0 Å². The average molecular weight is 293 g/mol. The van der Waals surface area contributed by atoms with Crippen LogP contribution in [0.4, 0.5) is 0 Å². The molecule has 0 aliphatic heterocycles. The van der Waals surface area contributed by atoms with Gasteiger partial charge in [0.2, 0.25) is 5.91 Å². The number of carbonyl (C=O) groups excluding carboxylic acids is 1. The van der Waals surface area contributed by atoms with E-state index >= 15 is 0 Å². The molecule has 1 N–H and O–H groups in total. The molecule has 0 fully saturated rings. The Kier molecular flexibility index (Phi) is 5.35. The fourth-order valence-electron chi connectivity index (χ4n) is 2.01. The van der Waals surface area contributed by atoms with Gasteiger partial charge in [0.25, 0.3) is 0 Å². The lowest BCUT2D eigenvalue weighted by Gasteiger charge is -2.29. The van der Waals surface area contributed by atoms with Gasteiger partial charge in [-0.15, -0.1) is 0 Å². The zero-order valence-corrected chi connectivity index (χ0v) is 13.2. The van der Waals surface area contributed by atoms with E-state index in [9.17, 15) is 9.59 Å². The summed E-state index contributed by atoms with van der Waals surface area (Å²) in [5, 5.41) is 9.12. The summed E-state index contributed by atoms with van der Waals surface area (Å²) in [6.07, 6.45) is -0.0433. The number of methoxy groups -OCH3 is 1. The van der Waals surface area contributed by atoms with Crippen molar-refractivity contribution in [2.75, 3.05) is 14.2 Å². The molecule has 1 atom stereocenters. The second-order valence-electron chi connectivity index (χ2n) is 5.79. The quantitative estimate of drug-likeness (QED) is 0.875. The minimum absolute atomic E-state index is 0.0433. The first-order valence-electron chi connectivity index (χ1n) is 6.82. The van der Waals surface area contributed by atoms with Crippen LogP contribution in [0.15, 0.2) is 24.3 Å². The Morgan fingerprint density at radius 1 is 1.33 bits per heavy atom. The van der Waals surface area contributed by atoms with E-state index in [0.29, 0.717) is 5.75 Å². The summed E-state index contributed by atoms with van der Waals surface area (Å²) in [4.78, 5) is 25.0. The normalized spacial score (nSPS) is 12.6. The van der Waals surface area contributed by atoms with Crippen molar-refractivity contribution in [1.29, 1.82) is 0 Å². The number of ether oxygens (including phenoxy) is 1. The van der Waals surface area contributed by atoms with Crippen molar-refractivity contribution in [2.24, 2.45) is 5.41 Å². The van der Waals surface area contributed by atoms with E-state index in [2.05, 4.69) is 0 Å². The summed E-state index contributed by atoms with van der Waals surface area (Å²) in [6, 6.07) is 7.29. The highest BCUT2D eigenvalue weighted by molar-refractivity contribution is 5.84. The Bertz CT molecular complexity index is 525. The number of amides is 1. The summed E-state index contributed by atoms with van der Waals surface area (Å²) in [5.74, 6) is -0.475. The van der Waals surface area contributed by atoms with Gasteiger partial charge in [0, 0.05) is 19.0 Å². The number of carboxylic acids is 1. The smallest absolute Gasteiger partial charge is 0.309 e. The molecule has 1 unspecified atom stereocenters. The number of benzene rings is 1. The van der Waals surface area contributed by atoms with Gasteiger partial charge in [-0.3, -0.25) is 9.59 Å². The van der Waals surface area contributed by atoms with E-state index < -0.39 is 11.4 Å². The maximum Gasteiger partial charge on any atom is 0.309 e. The number of rotatable bonds is 6. The van der Waals surface area contributed by atoms with Gasteiger partial charge in [-0.05, 0) is 26.8 Å². The Hall–Kier alpha value is -2.04. The number of para-hydroxylation sites is 1. The Balaban J connectivity index is 2.90. The van der Waals surface area contributed by atoms with Gasteiger partial charge in [-0.1, -0.05) is 18.2 Å². The zero-order valence-electron chi connectivity index (χ0n) is 13.2. The molecule has 0 radical (unpaired) electrons. The molecular weight excluding hydrogens is 270 g/mol. The molecule has 1 aromatic rings. The fraction of sp³-hybridized carbons (Fsp3) is 0.500. The Morgan fingerprint density at radius 2 is 1.90 bits per heavy atom. The van der Waals surface area contributed by atoms with Crippen molar-refractivity contribution in [1.82, 2.24) is 4.90 Å². The molecule has 1 rings (SSSR count). The minimum Gasteiger partial charge on any atom is -0.496 e. The molecule has 5 nitrogen and oxygen atoms in total. The van der Waals surface area contributed by atoms with E-state index in [1.54, 1.807) is 32.9 Å². The van der Waals surface area contributed by atoms with Crippen molar-refractivity contribution in [3.63, 3.8) is 0 Å². The van der Waals surface area contributed by atoms with Crippen molar-refractivity contribution in [3.05, 3.63) is 29.8 Å². The van der Waals surface area contributed by atoms with E-state index in [-0.39, 0.29) is 18.4 Å². The van der Waals surface area contributed by atoms with Crippen LogP contribution in [-0.4, -0.2) is 36.0 Å². The second kappa shape index (κ2) is 6.61. The molecule has 116 valence electrons. The van der Waals surface area contributed by atoms with Crippen LogP contribution in [-0.2, 0) is 9.59 Å². The molecule has 21 heavy (non-hydrogen) atoms. The van der Waals surface area contributed by atoms with Gasteiger partial charge in [-0.2, -0.15) is 0 Å². The highest BCUT2D eigenvalue weighted by Crippen LogP contribution is 2.30. The monoisotopic (exact) mass is 293 g/mol. The minimum atomic E-state index is -1.08. The van der Waals surface area contributed by atoms with Crippen LogP contribution < -0.4 is 4.74 Å². The summed E-state index contributed by atoms with van der Waals surface area (Å²) in [7, 11) is 3.26. The predicted molar refractivity (Wildman–Crippen MR) is 80.2 cm³/mol. The summed E-state index contributed by atoms with van der Waals surface area (Å²) < 4.78 is 5.30. The average Bonchev–Trinajstić information content (AvgIpc) is 2.44. The highest BCUT2D eigenvalue weighted by atomic mass is 16.5. The van der Waals surface area contributed by atoms with E-state index in [1.807, 2.05) is 31.2 Å². The number of carboxylic acid groups (broad SMARTS) is 1. The third kappa shape index (κ3) is 3.97.